The molecule has 0 aliphatic heterocycles. The van der Waals surface area contributed by atoms with Crippen LogP contribution in [0.15, 0.2) is 67.3 Å². The molecule has 0 saturated carbocycles. The number of benzene rings is 3. The maximum absolute atomic E-state index is 11.8. The Bertz CT molecular complexity index is 968. The van der Waals surface area contributed by atoms with Gasteiger partial charge in [-0.1, -0.05) is 36.4 Å². The number of nitrogens with zero attached hydrogens (tertiary/aromatic N) is 1. The molecule has 132 valence electrons. The Hall–Kier alpha value is -2.98. The molecule has 0 heterocycles. The molecule has 0 spiro atoms. The van der Waals surface area contributed by atoms with Gasteiger partial charge in [0.25, 0.3) is 0 Å². The summed E-state index contributed by atoms with van der Waals surface area (Å²) in [4.78, 5) is 13.7. The first kappa shape index (κ1) is 17.8. The number of carbonyl (C=O) groups excluding carboxylic acids is 1. The molecule has 0 amide bonds. The molecule has 0 aliphatic rings. The second-order valence-corrected chi connectivity index (χ2v) is 6.28. The van der Waals surface area contributed by atoms with E-state index in [0.717, 1.165) is 16.8 Å². The van der Waals surface area contributed by atoms with Gasteiger partial charge in [0.2, 0.25) is 0 Å². The molecule has 3 aromatic carbocycles. The van der Waals surface area contributed by atoms with Gasteiger partial charge in [0.15, 0.2) is 5.75 Å². The van der Waals surface area contributed by atoms with E-state index >= 15 is 0 Å². The fourth-order valence-electron chi connectivity index (χ4n) is 2.61. The number of ether oxygens (including phenoxy) is 2. The lowest BCUT2D eigenvalue weighted by atomic mass is 10.1. The van der Waals surface area contributed by atoms with Gasteiger partial charge in [-0.2, -0.15) is 0 Å². The summed E-state index contributed by atoms with van der Waals surface area (Å²) in [5.41, 5.74) is 0.709. The van der Waals surface area contributed by atoms with Gasteiger partial charge < -0.3 is 14.4 Å². The van der Waals surface area contributed by atoms with E-state index in [-0.39, 0.29) is 0 Å². The summed E-state index contributed by atoms with van der Waals surface area (Å²) in [5.74, 6) is 1.23. The monoisotopic (exact) mass is 367 g/mol. The highest BCUT2D eigenvalue weighted by Crippen LogP contribution is 2.43. The average Bonchev–Trinajstić information content (AvgIpc) is 2.63. The van der Waals surface area contributed by atoms with Crippen molar-refractivity contribution in [1.29, 1.82) is 0 Å². The summed E-state index contributed by atoms with van der Waals surface area (Å²) < 4.78 is 11.6. The molecule has 0 unspecified atom stereocenters. The molecule has 0 aromatic heterocycles. The molecule has 0 aliphatic carbocycles. The first-order chi connectivity index (χ1) is 12.5. The molecule has 26 heavy (non-hydrogen) atoms. The van der Waals surface area contributed by atoms with Crippen molar-refractivity contribution in [3.05, 3.63) is 72.3 Å². The van der Waals surface area contributed by atoms with Gasteiger partial charge >= 0.3 is 5.97 Å². The molecular formula is C21H18ClNO3. The summed E-state index contributed by atoms with van der Waals surface area (Å²) in [5, 5.41) is 2.04. The SMILES string of the molecule is C=CC(=O)Oc1c(N(C)C)cc(Oc2ccccc2)c2cc(Cl)ccc12. The first-order valence-corrected chi connectivity index (χ1v) is 8.38. The number of carbonyl (C=O) groups is 1. The first-order valence-electron chi connectivity index (χ1n) is 8.00. The van der Waals surface area contributed by atoms with Gasteiger partial charge in [0.05, 0.1) is 5.69 Å². The number of esters is 1. The van der Waals surface area contributed by atoms with E-state index in [1.165, 1.54) is 0 Å². The number of hydrogen-bond acceptors (Lipinski definition) is 4. The Labute approximate surface area is 157 Å². The smallest absolute Gasteiger partial charge is 0.335 e. The van der Waals surface area contributed by atoms with Crippen LogP contribution in [-0.2, 0) is 4.79 Å². The number of para-hydroxylation sites is 1. The predicted octanol–water partition coefficient (Wildman–Crippen LogP) is 5.44. The van der Waals surface area contributed by atoms with Crippen LogP contribution in [0.1, 0.15) is 0 Å². The van der Waals surface area contributed by atoms with Gasteiger partial charge in [-0.05, 0) is 30.3 Å². The zero-order valence-corrected chi connectivity index (χ0v) is 15.3. The number of anilines is 1. The molecule has 0 radical (unpaired) electrons. The quantitative estimate of drug-likeness (QED) is 0.342. The molecule has 5 heteroatoms. The van der Waals surface area contributed by atoms with Gasteiger partial charge in [-0.25, -0.2) is 4.79 Å². The molecule has 3 aromatic rings. The predicted molar refractivity (Wildman–Crippen MR) is 106 cm³/mol. The lowest BCUT2D eigenvalue weighted by Gasteiger charge is -2.21. The molecule has 0 N–H and O–H groups in total. The molecule has 3 rings (SSSR count). The zero-order valence-electron chi connectivity index (χ0n) is 14.5. The van der Waals surface area contributed by atoms with Crippen molar-refractivity contribution in [1.82, 2.24) is 0 Å². The van der Waals surface area contributed by atoms with Crippen molar-refractivity contribution in [2.75, 3.05) is 19.0 Å². The van der Waals surface area contributed by atoms with E-state index in [1.54, 1.807) is 12.1 Å². The van der Waals surface area contributed by atoms with Crippen molar-refractivity contribution in [2.45, 2.75) is 0 Å². The van der Waals surface area contributed by atoms with Gasteiger partial charge in [-0.15, -0.1) is 0 Å². The average molecular weight is 368 g/mol. The highest BCUT2D eigenvalue weighted by molar-refractivity contribution is 6.31. The zero-order chi connectivity index (χ0) is 18.7. The Morgan fingerprint density at radius 2 is 1.81 bits per heavy atom. The van der Waals surface area contributed by atoms with E-state index in [0.29, 0.717) is 28.0 Å². The summed E-state index contributed by atoms with van der Waals surface area (Å²) in [6.45, 7) is 3.46. The van der Waals surface area contributed by atoms with Crippen molar-refractivity contribution in [3.8, 4) is 17.2 Å². The van der Waals surface area contributed by atoms with Crippen LogP contribution in [0.5, 0.6) is 17.2 Å². The van der Waals surface area contributed by atoms with Crippen LogP contribution in [0.25, 0.3) is 10.8 Å². The summed E-state index contributed by atoms with van der Waals surface area (Å²) >= 11 is 6.19. The molecule has 0 bridgehead atoms. The fourth-order valence-corrected chi connectivity index (χ4v) is 2.78. The summed E-state index contributed by atoms with van der Waals surface area (Å²) in [7, 11) is 3.74. The Balaban J connectivity index is 2.24. The standard InChI is InChI=1S/C21H18ClNO3/c1-4-20(24)26-21-16-11-10-14(22)12-17(16)19(13-18(21)23(2)3)25-15-8-6-5-7-9-15/h4-13H,1H2,2-3H3. The summed E-state index contributed by atoms with van der Waals surface area (Å²) in [6, 6.07) is 16.7. The number of halogens is 1. The maximum Gasteiger partial charge on any atom is 0.335 e. The Morgan fingerprint density at radius 1 is 1.08 bits per heavy atom. The largest absolute Gasteiger partial charge is 0.457 e. The van der Waals surface area contributed by atoms with Crippen LogP contribution >= 0.6 is 11.6 Å². The number of hydrogen-bond donors (Lipinski definition) is 0. The third kappa shape index (κ3) is 3.65. The number of fused-ring (bicyclic) bond motifs is 1. The topological polar surface area (TPSA) is 38.8 Å². The molecule has 0 atom stereocenters. The van der Waals surface area contributed by atoms with E-state index in [4.69, 9.17) is 21.1 Å². The highest BCUT2D eigenvalue weighted by atomic mass is 35.5. The van der Waals surface area contributed by atoms with Crippen molar-refractivity contribution in [2.24, 2.45) is 0 Å². The van der Waals surface area contributed by atoms with Gasteiger partial charge in [0, 0.05) is 42.0 Å². The van der Waals surface area contributed by atoms with Crippen molar-refractivity contribution >= 4 is 34.0 Å². The van der Waals surface area contributed by atoms with Crippen molar-refractivity contribution in [3.63, 3.8) is 0 Å². The van der Waals surface area contributed by atoms with Crippen LogP contribution < -0.4 is 14.4 Å². The fraction of sp³-hybridized carbons (Fsp3) is 0.0952. The minimum Gasteiger partial charge on any atom is -0.457 e. The minimum absolute atomic E-state index is 0.437. The van der Waals surface area contributed by atoms with Crippen LogP contribution in [0, 0.1) is 0 Å². The molecule has 0 saturated heterocycles. The lowest BCUT2D eigenvalue weighted by Crippen LogP contribution is -2.13. The normalized spacial score (nSPS) is 10.4. The Morgan fingerprint density at radius 3 is 2.46 bits per heavy atom. The van der Waals surface area contributed by atoms with Gasteiger partial charge in [-0.3, -0.25) is 0 Å². The van der Waals surface area contributed by atoms with Crippen molar-refractivity contribution < 1.29 is 14.3 Å². The van der Waals surface area contributed by atoms with Crippen LogP contribution in [0.2, 0.25) is 5.02 Å². The molecule has 4 nitrogen and oxygen atoms in total. The maximum atomic E-state index is 11.8. The third-order valence-corrected chi connectivity index (χ3v) is 4.05. The van der Waals surface area contributed by atoms with Crippen LogP contribution in [0.4, 0.5) is 5.69 Å². The highest BCUT2D eigenvalue weighted by Gasteiger charge is 2.18. The van der Waals surface area contributed by atoms with Crippen LogP contribution in [0.3, 0.4) is 0 Å². The second-order valence-electron chi connectivity index (χ2n) is 5.85. The lowest BCUT2D eigenvalue weighted by molar-refractivity contribution is -0.128. The summed E-state index contributed by atoms with van der Waals surface area (Å²) in [6.07, 6.45) is 1.13. The van der Waals surface area contributed by atoms with E-state index in [2.05, 4.69) is 6.58 Å². The van der Waals surface area contributed by atoms with Gasteiger partial charge in [0.1, 0.15) is 11.5 Å². The number of rotatable bonds is 5. The molecule has 0 fully saturated rings. The third-order valence-electron chi connectivity index (χ3n) is 3.81. The van der Waals surface area contributed by atoms with E-state index in [1.807, 2.05) is 61.5 Å². The van der Waals surface area contributed by atoms with E-state index < -0.39 is 5.97 Å². The second kappa shape index (κ2) is 7.50. The minimum atomic E-state index is -0.527. The molecular weight excluding hydrogens is 350 g/mol. The van der Waals surface area contributed by atoms with Crippen LogP contribution in [-0.4, -0.2) is 20.1 Å². The Kier molecular flexibility index (Phi) is 5.14. The van der Waals surface area contributed by atoms with E-state index in [9.17, 15) is 4.79 Å².